The van der Waals surface area contributed by atoms with Crippen LogP contribution in [-0.4, -0.2) is 41.3 Å². The van der Waals surface area contributed by atoms with Gasteiger partial charge >= 0.3 is 6.09 Å². The van der Waals surface area contributed by atoms with Gasteiger partial charge in [-0.2, -0.15) is 4.72 Å². The first-order valence-corrected chi connectivity index (χ1v) is 9.65. The van der Waals surface area contributed by atoms with Crippen molar-refractivity contribution in [1.82, 2.24) is 4.72 Å². The Bertz CT molecular complexity index is 991. The van der Waals surface area contributed by atoms with Crippen molar-refractivity contribution < 1.29 is 22.7 Å². The lowest BCUT2D eigenvalue weighted by Crippen LogP contribution is -2.24. The summed E-state index contributed by atoms with van der Waals surface area (Å²) in [6.45, 7) is 0.863. The van der Waals surface area contributed by atoms with Gasteiger partial charge in [-0.25, -0.2) is 13.2 Å². The highest BCUT2D eigenvalue weighted by Gasteiger charge is 2.23. The fourth-order valence-electron chi connectivity index (χ4n) is 2.55. The van der Waals surface area contributed by atoms with Crippen LogP contribution in [0.4, 0.5) is 10.5 Å². The van der Waals surface area contributed by atoms with E-state index in [4.69, 9.17) is 9.47 Å². The minimum Gasteiger partial charge on any atom is -0.495 e. The van der Waals surface area contributed by atoms with Gasteiger partial charge in [0.05, 0.1) is 20.2 Å². The Hall–Kier alpha value is -3.02. The molecule has 0 radical (unpaired) electrons. The van der Waals surface area contributed by atoms with Gasteiger partial charge in [0.2, 0.25) is 10.0 Å². The number of ether oxygens (including phenoxy) is 2. The Morgan fingerprint density at radius 3 is 2.59 bits per heavy atom. The molecule has 0 unspecified atom stereocenters. The first-order valence-electron chi connectivity index (χ1n) is 8.17. The number of methoxy groups -OCH3 is 1. The molecule has 0 aliphatic carbocycles. The molecule has 0 spiro atoms. The zero-order valence-corrected chi connectivity index (χ0v) is 15.5. The van der Waals surface area contributed by atoms with Gasteiger partial charge < -0.3 is 9.47 Å². The zero-order valence-electron chi connectivity index (χ0n) is 14.6. The number of carbonyl (C=O) groups excluding carboxylic acids is 1. The van der Waals surface area contributed by atoms with E-state index in [2.05, 4.69) is 16.6 Å². The third kappa shape index (κ3) is 4.39. The van der Waals surface area contributed by atoms with Crippen LogP contribution >= 0.6 is 0 Å². The highest BCUT2D eigenvalue weighted by molar-refractivity contribution is 7.89. The second-order valence-electron chi connectivity index (χ2n) is 5.59. The molecule has 8 heteroatoms. The third-order valence-electron chi connectivity index (χ3n) is 3.88. The predicted molar refractivity (Wildman–Crippen MR) is 100 cm³/mol. The molecule has 1 saturated heterocycles. The smallest absolute Gasteiger partial charge is 0.414 e. The minimum atomic E-state index is -3.72. The second-order valence-corrected chi connectivity index (χ2v) is 7.33. The van der Waals surface area contributed by atoms with E-state index in [1.165, 1.54) is 13.2 Å². The molecule has 0 bridgehead atoms. The summed E-state index contributed by atoms with van der Waals surface area (Å²) in [5.74, 6) is 5.93. The number of cyclic esters (lactones) is 1. The van der Waals surface area contributed by atoms with Gasteiger partial charge in [-0.1, -0.05) is 24.0 Å². The Kier molecular flexibility index (Phi) is 5.64. The van der Waals surface area contributed by atoms with Crippen molar-refractivity contribution in [3.05, 3.63) is 54.1 Å². The van der Waals surface area contributed by atoms with Gasteiger partial charge in [0.1, 0.15) is 17.3 Å². The number of nitrogens with zero attached hydrogens (tertiary/aromatic N) is 1. The molecule has 1 amide bonds. The first kappa shape index (κ1) is 18.8. The van der Waals surface area contributed by atoms with E-state index in [-0.39, 0.29) is 23.3 Å². The zero-order chi connectivity index (χ0) is 19.3. The molecule has 1 aliphatic rings. The summed E-state index contributed by atoms with van der Waals surface area (Å²) < 4.78 is 37.1. The third-order valence-corrected chi connectivity index (χ3v) is 5.32. The van der Waals surface area contributed by atoms with Crippen LogP contribution in [0.25, 0.3) is 0 Å². The molecule has 0 saturated carbocycles. The lowest BCUT2D eigenvalue weighted by atomic mass is 10.2. The molecule has 2 aromatic carbocycles. The number of carbonyl (C=O) groups is 1. The van der Waals surface area contributed by atoms with Crippen molar-refractivity contribution in [1.29, 1.82) is 0 Å². The predicted octanol–water partition coefficient (Wildman–Crippen LogP) is 1.98. The van der Waals surface area contributed by atoms with Gasteiger partial charge in [-0.15, -0.1) is 0 Å². The van der Waals surface area contributed by atoms with Gasteiger partial charge in [0.15, 0.2) is 0 Å². The summed E-state index contributed by atoms with van der Waals surface area (Å²) in [6.07, 6.45) is -0.361. The van der Waals surface area contributed by atoms with Crippen LogP contribution < -0.4 is 14.4 Å². The molecular weight excluding hydrogens is 368 g/mol. The average Bonchev–Trinajstić information content (AvgIpc) is 3.11. The monoisotopic (exact) mass is 386 g/mol. The van der Waals surface area contributed by atoms with E-state index >= 15 is 0 Å². The number of hydrogen-bond acceptors (Lipinski definition) is 5. The summed E-state index contributed by atoms with van der Waals surface area (Å²) in [5, 5.41) is 0. The SMILES string of the molecule is COc1ccccc1S(=O)(=O)NCC#Cc1ccc(N2CCOC2=O)cc1. The van der Waals surface area contributed by atoms with Crippen LogP contribution in [-0.2, 0) is 14.8 Å². The van der Waals surface area contributed by atoms with Crippen LogP contribution in [0.3, 0.4) is 0 Å². The van der Waals surface area contributed by atoms with Crippen molar-refractivity contribution >= 4 is 21.8 Å². The van der Waals surface area contributed by atoms with Crippen LogP contribution in [0.1, 0.15) is 5.56 Å². The van der Waals surface area contributed by atoms with Crippen LogP contribution in [0.2, 0.25) is 0 Å². The summed E-state index contributed by atoms with van der Waals surface area (Å²) in [6, 6.07) is 13.5. The number of sulfonamides is 1. The van der Waals surface area contributed by atoms with E-state index in [1.807, 2.05) is 0 Å². The van der Waals surface area contributed by atoms with Crippen molar-refractivity contribution in [2.24, 2.45) is 0 Å². The normalized spacial score (nSPS) is 13.7. The fraction of sp³-hybridized carbons (Fsp3) is 0.211. The molecule has 27 heavy (non-hydrogen) atoms. The Labute approximate surface area is 157 Å². The molecular formula is C19H18N2O5S. The Morgan fingerprint density at radius 1 is 1.19 bits per heavy atom. The molecule has 140 valence electrons. The maximum Gasteiger partial charge on any atom is 0.414 e. The molecule has 0 atom stereocenters. The van der Waals surface area contributed by atoms with Gasteiger partial charge in [0.25, 0.3) is 0 Å². The maximum atomic E-state index is 12.3. The number of anilines is 1. The average molecular weight is 386 g/mol. The lowest BCUT2D eigenvalue weighted by Gasteiger charge is -2.12. The number of para-hydroxylation sites is 1. The van der Waals surface area contributed by atoms with Gasteiger partial charge in [-0.05, 0) is 36.4 Å². The molecule has 0 aromatic heterocycles. The summed E-state index contributed by atoms with van der Waals surface area (Å²) >= 11 is 0. The largest absolute Gasteiger partial charge is 0.495 e. The van der Waals surface area contributed by atoms with Crippen LogP contribution in [0.5, 0.6) is 5.75 Å². The summed E-state index contributed by atoms with van der Waals surface area (Å²) in [7, 11) is -2.30. The number of hydrogen-bond donors (Lipinski definition) is 1. The lowest BCUT2D eigenvalue weighted by molar-refractivity contribution is 0.181. The first-order chi connectivity index (χ1) is 13.0. The topological polar surface area (TPSA) is 84.9 Å². The standard InChI is InChI=1S/C19H18N2O5S/c1-25-17-6-2-3-7-18(17)27(23,24)20-12-4-5-15-8-10-16(11-9-15)21-13-14-26-19(21)22/h2-3,6-11,20H,12-14H2,1H3. The highest BCUT2D eigenvalue weighted by Crippen LogP contribution is 2.22. The Balaban J connectivity index is 1.63. The molecule has 1 fully saturated rings. The highest BCUT2D eigenvalue weighted by atomic mass is 32.2. The number of nitrogens with one attached hydrogen (secondary N) is 1. The van der Waals surface area contributed by atoms with E-state index in [0.29, 0.717) is 18.7 Å². The van der Waals surface area contributed by atoms with E-state index in [1.54, 1.807) is 47.4 Å². The maximum absolute atomic E-state index is 12.3. The van der Waals surface area contributed by atoms with Crippen molar-refractivity contribution in [2.45, 2.75) is 4.90 Å². The summed E-state index contributed by atoms with van der Waals surface area (Å²) in [4.78, 5) is 13.1. The quantitative estimate of drug-likeness (QED) is 0.795. The molecule has 1 aliphatic heterocycles. The van der Waals surface area contributed by atoms with E-state index in [0.717, 1.165) is 5.69 Å². The van der Waals surface area contributed by atoms with Crippen molar-refractivity contribution in [3.8, 4) is 17.6 Å². The minimum absolute atomic E-state index is 0.0411. The second kappa shape index (κ2) is 8.12. The molecule has 1 heterocycles. The molecule has 1 N–H and O–H groups in total. The van der Waals surface area contributed by atoms with E-state index in [9.17, 15) is 13.2 Å². The fourth-order valence-corrected chi connectivity index (χ4v) is 3.64. The van der Waals surface area contributed by atoms with E-state index < -0.39 is 10.0 Å². The van der Waals surface area contributed by atoms with Crippen molar-refractivity contribution in [3.63, 3.8) is 0 Å². The van der Waals surface area contributed by atoms with Crippen LogP contribution in [0, 0.1) is 11.8 Å². The van der Waals surface area contributed by atoms with Gasteiger partial charge in [-0.3, -0.25) is 4.90 Å². The van der Waals surface area contributed by atoms with Crippen molar-refractivity contribution in [2.75, 3.05) is 31.7 Å². The Morgan fingerprint density at radius 2 is 1.93 bits per heavy atom. The number of amides is 1. The van der Waals surface area contributed by atoms with Crippen LogP contribution in [0.15, 0.2) is 53.4 Å². The molecule has 7 nitrogen and oxygen atoms in total. The number of rotatable bonds is 5. The van der Waals surface area contributed by atoms with Gasteiger partial charge in [0, 0.05) is 11.3 Å². The number of benzene rings is 2. The molecule has 2 aromatic rings. The molecule has 3 rings (SSSR count). The summed E-state index contributed by atoms with van der Waals surface area (Å²) in [5.41, 5.74) is 1.45.